The predicted molar refractivity (Wildman–Crippen MR) is 110 cm³/mol. The Morgan fingerprint density at radius 2 is 1.57 bits per heavy atom. The van der Waals surface area contributed by atoms with Crippen LogP contribution in [0.4, 0.5) is 13.2 Å². The van der Waals surface area contributed by atoms with E-state index in [-0.39, 0.29) is 11.4 Å². The summed E-state index contributed by atoms with van der Waals surface area (Å²) in [7, 11) is -3.70. The Balaban J connectivity index is 1.62. The first-order chi connectivity index (χ1) is 14.1. The van der Waals surface area contributed by atoms with E-state index >= 15 is 0 Å². The van der Waals surface area contributed by atoms with E-state index < -0.39 is 21.8 Å². The fraction of sp³-hybridized carbons (Fsp3) is 0.182. The van der Waals surface area contributed by atoms with E-state index in [1.54, 1.807) is 12.1 Å². The van der Waals surface area contributed by atoms with Gasteiger partial charge in [0, 0.05) is 18.1 Å². The van der Waals surface area contributed by atoms with Gasteiger partial charge in [-0.25, -0.2) is 8.42 Å². The molecule has 3 aromatic carbocycles. The molecule has 1 heterocycles. The van der Waals surface area contributed by atoms with Crippen LogP contribution < -0.4 is 0 Å². The van der Waals surface area contributed by atoms with Gasteiger partial charge in [-0.15, -0.1) is 0 Å². The number of hydrogen-bond donors (Lipinski definition) is 0. The van der Waals surface area contributed by atoms with Crippen molar-refractivity contribution in [3.8, 4) is 11.1 Å². The van der Waals surface area contributed by atoms with Crippen molar-refractivity contribution in [2.75, 3.05) is 6.54 Å². The van der Waals surface area contributed by atoms with Gasteiger partial charge >= 0.3 is 6.18 Å². The molecule has 0 unspecified atom stereocenters. The Labute approximate surface area is 177 Å². The van der Waals surface area contributed by atoms with E-state index in [1.807, 2.05) is 18.2 Å². The lowest BCUT2D eigenvalue weighted by molar-refractivity contribution is -0.137. The van der Waals surface area contributed by atoms with E-state index in [2.05, 4.69) is 0 Å². The molecule has 156 valence electrons. The molecule has 0 N–H and O–H groups in total. The molecule has 0 radical (unpaired) electrons. The van der Waals surface area contributed by atoms with Gasteiger partial charge in [-0.3, -0.25) is 0 Å². The van der Waals surface area contributed by atoms with Crippen molar-refractivity contribution in [3.05, 3.63) is 88.4 Å². The van der Waals surface area contributed by atoms with E-state index in [4.69, 9.17) is 11.6 Å². The first kappa shape index (κ1) is 20.9. The number of hydrogen-bond acceptors (Lipinski definition) is 2. The van der Waals surface area contributed by atoms with Crippen molar-refractivity contribution in [1.82, 2.24) is 4.31 Å². The fourth-order valence-corrected chi connectivity index (χ4v) is 5.26. The normalized spacial score (nSPS) is 15.1. The lowest BCUT2D eigenvalue weighted by atomic mass is 9.95. The van der Waals surface area contributed by atoms with Crippen LogP contribution in [0.3, 0.4) is 0 Å². The quantitative estimate of drug-likeness (QED) is 0.506. The molecule has 30 heavy (non-hydrogen) atoms. The molecule has 0 aromatic heterocycles. The van der Waals surface area contributed by atoms with Crippen molar-refractivity contribution in [3.63, 3.8) is 0 Å². The number of halogens is 4. The monoisotopic (exact) mass is 451 g/mol. The Morgan fingerprint density at radius 1 is 0.867 bits per heavy atom. The number of benzene rings is 3. The lowest BCUT2D eigenvalue weighted by Crippen LogP contribution is -2.36. The van der Waals surface area contributed by atoms with Crippen LogP contribution in [0.15, 0.2) is 71.6 Å². The zero-order valence-electron chi connectivity index (χ0n) is 15.7. The SMILES string of the molecule is O=S(=O)(c1cccc(Cl)c1)N1CCc2ccc(-c3ccc(C(F)(F)F)cc3)cc2C1. The standard InChI is InChI=1S/C22H17ClF3NO2S/c23-20-2-1-3-21(13-20)30(28,29)27-11-10-16-4-5-17(12-18(16)14-27)15-6-8-19(9-7-15)22(24,25)26/h1-9,12-13H,10-11,14H2. The molecule has 0 bridgehead atoms. The molecule has 8 heteroatoms. The molecule has 1 aliphatic rings. The highest BCUT2D eigenvalue weighted by Gasteiger charge is 2.30. The Hall–Kier alpha value is -2.35. The maximum Gasteiger partial charge on any atom is 0.416 e. The Kier molecular flexibility index (Phi) is 5.38. The summed E-state index contributed by atoms with van der Waals surface area (Å²) in [5.74, 6) is 0. The molecule has 0 saturated heterocycles. The van der Waals surface area contributed by atoms with Crippen LogP contribution in [-0.2, 0) is 29.2 Å². The third-order valence-electron chi connectivity index (χ3n) is 5.16. The summed E-state index contributed by atoms with van der Waals surface area (Å²) < 4.78 is 65.8. The van der Waals surface area contributed by atoms with Crippen LogP contribution in [-0.4, -0.2) is 19.3 Å². The Bertz CT molecular complexity index is 1190. The minimum absolute atomic E-state index is 0.136. The van der Waals surface area contributed by atoms with Crippen molar-refractivity contribution in [2.45, 2.75) is 24.0 Å². The highest BCUT2D eigenvalue weighted by molar-refractivity contribution is 7.89. The highest BCUT2D eigenvalue weighted by Crippen LogP contribution is 2.33. The summed E-state index contributed by atoms with van der Waals surface area (Å²) in [6.45, 7) is 0.542. The first-order valence-corrected chi connectivity index (χ1v) is 11.0. The number of fused-ring (bicyclic) bond motifs is 1. The molecule has 0 spiro atoms. The average molecular weight is 452 g/mol. The molecule has 0 amide bonds. The summed E-state index contributed by atoms with van der Waals surface area (Å²) >= 11 is 5.95. The minimum atomic E-state index is -4.39. The van der Waals surface area contributed by atoms with Gasteiger partial charge in [0.15, 0.2) is 0 Å². The molecular weight excluding hydrogens is 435 g/mol. The van der Waals surface area contributed by atoms with Crippen LogP contribution in [0.1, 0.15) is 16.7 Å². The van der Waals surface area contributed by atoms with Gasteiger partial charge in [-0.1, -0.05) is 41.9 Å². The molecule has 3 nitrogen and oxygen atoms in total. The zero-order chi connectivity index (χ0) is 21.5. The molecule has 0 fully saturated rings. The van der Waals surface area contributed by atoms with Crippen LogP contribution >= 0.6 is 11.6 Å². The van der Waals surface area contributed by atoms with Crippen LogP contribution in [0, 0.1) is 0 Å². The molecule has 0 saturated carbocycles. The van der Waals surface area contributed by atoms with Gasteiger partial charge in [-0.05, 0) is 65.1 Å². The molecule has 1 aliphatic heterocycles. The summed E-state index contributed by atoms with van der Waals surface area (Å²) in [5, 5.41) is 0.345. The van der Waals surface area contributed by atoms with Gasteiger partial charge in [0.1, 0.15) is 0 Å². The predicted octanol–water partition coefficient (Wildman–Crippen LogP) is 5.77. The third kappa shape index (κ3) is 4.10. The largest absolute Gasteiger partial charge is 0.416 e. The molecule has 3 aromatic rings. The Morgan fingerprint density at radius 3 is 2.23 bits per heavy atom. The van der Waals surface area contributed by atoms with E-state index in [1.165, 1.54) is 28.6 Å². The van der Waals surface area contributed by atoms with Crippen LogP contribution in [0.5, 0.6) is 0 Å². The van der Waals surface area contributed by atoms with Crippen molar-refractivity contribution >= 4 is 21.6 Å². The fourth-order valence-electron chi connectivity index (χ4n) is 3.54. The van der Waals surface area contributed by atoms with Gasteiger partial charge < -0.3 is 0 Å². The number of alkyl halides is 3. The number of sulfonamides is 1. The van der Waals surface area contributed by atoms with Crippen molar-refractivity contribution in [1.29, 1.82) is 0 Å². The molecular formula is C22H17ClF3NO2S. The van der Waals surface area contributed by atoms with Gasteiger partial charge in [0.05, 0.1) is 10.5 Å². The lowest BCUT2D eigenvalue weighted by Gasteiger charge is -2.28. The second-order valence-electron chi connectivity index (χ2n) is 7.10. The minimum Gasteiger partial charge on any atom is -0.207 e. The van der Waals surface area contributed by atoms with Gasteiger partial charge in [-0.2, -0.15) is 17.5 Å². The first-order valence-electron chi connectivity index (χ1n) is 9.20. The van der Waals surface area contributed by atoms with E-state index in [0.29, 0.717) is 23.6 Å². The smallest absolute Gasteiger partial charge is 0.207 e. The highest BCUT2D eigenvalue weighted by atomic mass is 35.5. The summed E-state index contributed by atoms with van der Waals surface area (Å²) in [4.78, 5) is 0.136. The molecule has 0 aliphatic carbocycles. The van der Waals surface area contributed by atoms with Crippen LogP contribution in [0.25, 0.3) is 11.1 Å². The van der Waals surface area contributed by atoms with E-state index in [0.717, 1.165) is 28.8 Å². The number of nitrogens with zero attached hydrogens (tertiary/aromatic N) is 1. The summed E-state index contributed by atoms with van der Waals surface area (Å²) in [6, 6.07) is 16.7. The second kappa shape index (κ2) is 7.72. The number of rotatable bonds is 3. The average Bonchev–Trinajstić information content (AvgIpc) is 2.72. The maximum absolute atomic E-state index is 13.0. The topological polar surface area (TPSA) is 37.4 Å². The molecule has 4 rings (SSSR count). The second-order valence-corrected chi connectivity index (χ2v) is 9.48. The summed E-state index contributed by atoms with van der Waals surface area (Å²) in [6.07, 6.45) is -3.83. The zero-order valence-corrected chi connectivity index (χ0v) is 17.2. The molecule has 0 atom stereocenters. The van der Waals surface area contributed by atoms with Crippen LogP contribution in [0.2, 0.25) is 5.02 Å². The third-order valence-corrected chi connectivity index (χ3v) is 7.24. The summed E-state index contributed by atoms with van der Waals surface area (Å²) in [5.41, 5.74) is 2.54. The van der Waals surface area contributed by atoms with Gasteiger partial charge in [0.25, 0.3) is 0 Å². The van der Waals surface area contributed by atoms with Crippen molar-refractivity contribution in [2.24, 2.45) is 0 Å². The maximum atomic E-state index is 13.0. The van der Waals surface area contributed by atoms with Crippen molar-refractivity contribution < 1.29 is 21.6 Å². The van der Waals surface area contributed by atoms with E-state index in [9.17, 15) is 21.6 Å². The van der Waals surface area contributed by atoms with Gasteiger partial charge in [0.2, 0.25) is 10.0 Å².